The van der Waals surface area contributed by atoms with Crippen molar-refractivity contribution >= 4 is 40.0 Å². The first-order valence-corrected chi connectivity index (χ1v) is 14.8. The van der Waals surface area contributed by atoms with E-state index in [1.165, 1.54) is 0 Å². The van der Waals surface area contributed by atoms with E-state index >= 15 is 0 Å². The Morgan fingerprint density at radius 1 is 1.05 bits per heavy atom. The number of pyridine rings is 1. The number of allylic oxidation sites excluding steroid dienone is 2. The van der Waals surface area contributed by atoms with Crippen LogP contribution in [0.3, 0.4) is 0 Å². The van der Waals surface area contributed by atoms with E-state index in [0.717, 1.165) is 44.0 Å². The summed E-state index contributed by atoms with van der Waals surface area (Å²) in [7, 11) is 3.78. The summed E-state index contributed by atoms with van der Waals surface area (Å²) in [5.41, 5.74) is 3.12. The number of anilines is 4. The molecule has 0 atom stereocenters. The predicted octanol–water partition coefficient (Wildman–Crippen LogP) is 3.19. The van der Waals surface area contributed by atoms with Crippen molar-refractivity contribution < 1.29 is 14.3 Å². The Kier molecular flexibility index (Phi) is 8.20. The smallest absolute Gasteiger partial charge is 0.278 e. The molecule has 1 fully saturated rings. The summed E-state index contributed by atoms with van der Waals surface area (Å²) in [5, 5.41) is 3.68. The summed E-state index contributed by atoms with van der Waals surface area (Å²) in [6.45, 7) is 8.49. The lowest BCUT2D eigenvalue weighted by Crippen LogP contribution is -2.44. The third kappa shape index (κ3) is 5.57. The number of amides is 1. The standard InChI is InChI=1S/C31H37N9O4/c1-5-7-9-39-30(42)25-19-33-31(34-21-14-22(16-24(15-21)43-4)37-12-10-36(3)11-13-37)35-28(25)40(39)23-17-26-29(32-18-23)44-20-27(41)38(26)8-6-2/h5,7,14-19H,6,8-13,20H2,1-4H3,(H,33,34,35)/b7-5-. The van der Waals surface area contributed by atoms with Gasteiger partial charge in [0, 0.05) is 62.4 Å². The van der Waals surface area contributed by atoms with Crippen molar-refractivity contribution in [2.24, 2.45) is 0 Å². The highest BCUT2D eigenvalue weighted by Crippen LogP contribution is 2.33. The topological polar surface area (TPSA) is 123 Å². The molecule has 44 heavy (non-hydrogen) atoms. The summed E-state index contributed by atoms with van der Waals surface area (Å²) in [6.07, 6.45) is 7.72. The van der Waals surface area contributed by atoms with E-state index in [1.54, 1.807) is 33.8 Å². The van der Waals surface area contributed by atoms with E-state index in [4.69, 9.17) is 14.5 Å². The monoisotopic (exact) mass is 599 g/mol. The van der Waals surface area contributed by atoms with Crippen LogP contribution in [0.2, 0.25) is 0 Å². The van der Waals surface area contributed by atoms with Crippen LogP contribution in [-0.4, -0.2) is 88.6 Å². The van der Waals surface area contributed by atoms with Crippen LogP contribution in [0.25, 0.3) is 16.7 Å². The molecule has 1 saturated heterocycles. The van der Waals surface area contributed by atoms with Crippen LogP contribution in [0.1, 0.15) is 20.3 Å². The Labute approximate surface area is 255 Å². The number of ether oxygens (including phenoxy) is 2. The molecule has 0 radical (unpaired) electrons. The highest BCUT2D eigenvalue weighted by molar-refractivity contribution is 5.97. The van der Waals surface area contributed by atoms with E-state index in [0.29, 0.717) is 53.1 Å². The van der Waals surface area contributed by atoms with Gasteiger partial charge in [-0.1, -0.05) is 19.1 Å². The minimum absolute atomic E-state index is 0.0547. The molecular weight excluding hydrogens is 562 g/mol. The Morgan fingerprint density at radius 3 is 2.61 bits per heavy atom. The third-order valence-corrected chi connectivity index (χ3v) is 7.87. The van der Waals surface area contributed by atoms with Gasteiger partial charge in [0.1, 0.15) is 16.8 Å². The largest absolute Gasteiger partial charge is 0.497 e. The average molecular weight is 600 g/mol. The molecule has 1 N–H and O–H groups in total. The number of fused-ring (bicyclic) bond motifs is 2. The van der Waals surface area contributed by atoms with Crippen molar-refractivity contribution in [2.45, 2.75) is 26.8 Å². The third-order valence-electron chi connectivity index (χ3n) is 7.87. The van der Waals surface area contributed by atoms with Gasteiger partial charge in [0.05, 0.1) is 25.5 Å². The van der Waals surface area contributed by atoms with Crippen molar-refractivity contribution in [2.75, 3.05) is 68.6 Å². The normalized spacial score (nSPS) is 15.6. The Hall–Kier alpha value is -4.91. The van der Waals surface area contributed by atoms with Crippen LogP contribution >= 0.6 is 0 Å². The Balaban J connectivity index is 1.43. The number of methoxy groups -OCH3 is 1. The van der Waals surface area contributed by atoms with Crippen molar-refractivity contribution in [3.63, 3.8) is 0 Å². The van der Waals surface area contributed by atoms with E-state index in [9.17, 15) is 9.59 Å². The van der Waals surface area contributed by atoms with Crippen LogP contribution < -0.4 is 30.1 Å². The lowest BCUT2D eigenvalue weighted by molar-refractivity contribution is -0.121. The molecule has 230 valence electrons. The van der Waals surface area contributed by atoms with Gasteiger partial charge in [0.2, 0.25) is 11.8 Å². The zero-order valence-electron chi connectivity index (χ0n) is 25.5. The number of carbonyl (C=O) groups excluding carboxylic acids is 1. The zero-order valence-corrected chi connectivity index (χ0v) is 25.5. The minimum Gasteiger partial charge on any atom is -0.497 e. The number of aromatic nitrogens is 5. The van der Waals surface area contributed by atoms with Gasteiger partial charge in [-0.15, -0.1) is 0 Å². The molecule has 0 spiro atoms. The Bertz CT molecular complexity index is 1770. The number of piperazine rings is 1. The predicted molar refractivity (Wildman–Crippen MR) is 170 cm³/mol. The maximum Gasteiger partial charge on any atom is 0.278 e. The first-order chi connectivity index (χ1) is 21.4. The maximum atomic E-state index is 13.6. The molecule has 3 aromatic heterocycles. The molecule has 13 heteroatoms. The molecule has 2 aliphatic rings. The van der Waals surface area contributed by atoms with E-state index in [2.05, 4.69) is 38.2 Å². The number of hydrogen-bond acceptors (Lipinski definition) is 10. The van der Waals surface area contributed by atoms with Crippen LogP contribution in [0.4, 0.5) is 23.0 Å². The fourth-order valence-electron chi connectivity index (χ4n) is 5.53. The number of likely N-dealkylation sites (N-methyl/N-ethyl adjacent to an activating group) is 1. The lowest BCUT2D eigenvalue weighted by Gasteiger charge is -2.34. The first-order valence-electron chi connectivity index (χ1n) is 14.8. The van der Waals surface area contributed by atoms with Gasteiger partial charge in [-0.05, 0) is 32.5 Å². The van der Waals surface area contributed by atoms with Crippen molar-refractivity contribution in [3.05, 3.63) is 59.2 Å². The molecule has 1 amide bonds. The summed E-state index contributed by atoms with van der Waals surface area (Å²) in [6, 6.07) is 7.79. The zero-order chi connectivity index (χ0) is 30.8. The van der Waals surface area contributed by atoms with E-state index < -0.39 is 0 Å². The number of hydrogen-bond donors (Lipinski definition) is 1. The van der Waals surface area contributed by atoms with Gasteiger partial charge < -0.3 is 29.5 Å². The lowest BCUT2D eigenvalue weighted by atomic mass is 10.2. The summed E-state index contributed by atoms with van der Waals surface area (Å²) in [4.78, 5) is 46.4. The fourth-order valence-corrected chi connectivity index (χ4v) is 5.53. The molecule has 5 heterocycles. The second-order valence-corrected chi connectivity index (χ2v) is 10.9. The van der Waals surface area contributed by atoms with Crippen LogP contribution in [-0.2, 0) is 11.3 Å². The number of nitrogens with zero attached hydrogens (tertiary/aromatic N) is 8. The highest BCUT2D eigenvalue weighted by atomic mass is 16.5. The number of rotatable bonds is 9. The van der Waals surface area contributed by atoms with Crippen LogP contribution in [0.5, 0.6) is 11.6 Å². The maximum absolute atomic E-state index is 13.6. The molecule has 0 aliphatic carbocycles. The van der Waals surface area contributed by atoms with Crippen molar-refractivity contribution in [3.8, 4) is 17.3 Å². The number of carbonyl (C=O) groups is 1. The van der Waals surface area contributed by atoms with Crippen LogP contribution in [0.15, 0.2) is 53.6 Å². The molecule has 6 rings (SSSR count). The second-order valence-electron chi connectivity index (χ2n) is 10.9. The Morgan fingerprint density at radius 2 is 1.86 bits per heavy atom. The molecule has 13 nitrogen and oxygen atoms in total. The molecule has 0 saturated carbocycles. The van der Waals surface area contributed by atoms with Gasteiger partial charge in [-0.25, -0.2) is 19.3 Å². The van der Waals surface area contributed by atoms with Gasteiger partial charge in [-0.3, -0.25) is 9.59 Å². The molecule has 0 unspecified atom stereocenters. The van der Waals surface area contributed by atoms with Gasteiger partial charge in [-0.2, -0.15) is 4.98 Å². The van der Waals surface area contributed by atoms with E-state index in [-0.39, 0.29) is 18.1 Å². The summed E-state index contributed by atoms with van der Waals surface area (Å²) >= 11 is 0. The summed E-state index contributed by atoms with van der Waals surface area (Å²) in [5.74, 6) is 1.29. The first kappa shape index (κ1) is 29.2. The minimum atomic E-state index is -0.237. The quantitative estimate of drug-likeness (QED) is 0.287. The van der Waals surface area contributed by atoms with Crippen molar-refractivity contribution in [1.82, 2.24) is 29.2 Å². The molecule has 1 aromatic carbocycles. The number of nitrogens with one attached hydrogen (secondary N) is 1. The average Bonchev–Trinajstić information content (AvgIpc) is 3.31. The molecule has 0 bridgehead atoms. The van der Waals surface area contributed by atoms with Gasteiger partial charge in [0.25, 0.3) is 11.5 Å². The van der Waals surface area contributed by atoms with Crippen molar-refractivity contribution in [1.29, 1.82) is 0 Å². The summed E-state index contributed by atoms with van der Waals surface area (Å²) < 4.78 is 14.5. The second kappa shape index (κ2) is 12.4. The molecule has 4 aromatic rings. The van der Waals surface area contributed by atoms with Gasteiger partial charge >= 0.3 is 0 Å². The van der Waals surface area contributed by atoms with Gasteiger partial charge in [0.15, 0.2) is 12.3 Å². The number of benzene rings is 1. The molecular formula is C31H37N9O4. The van der Waals surface area contributed by atoms with Crippen LogP contribution in [0, 0.1) is 0 Å². The molecule has 2 aliphatic heterocycles. The van der Waals surface area contributed by atoms with E-state index in [1.807, 2.05) is 44.2 Å². The SMILES string of the molecule is C/C=C\Cn1c(=O)c2cnc(Nc3cc(OC)cc(N4CCN(C)CC4)c3)nc2n1-c1cnc2c(c1)N(CCC)C(=O)CO2. The fraction of sp³-hybridized carbons (Fsp3) is 0.387. The highest BCUT2D eigenvalue weighted by Gasteiger charge is 2.28.